The molecule has 3 fully saturated rings. The van der Waals surface area contributed by atoms with Gasteiger partial charge in [-0.2, -0.15) is 10.3 Å². The van der Waals surface area contributed by atoms with Gasteiger partial charge in [0, 0.05) is 29.7 Å². The van der Waals surface area contributed by atoms with E-state index in [4.69, 9.17) is 5.26 Å². The Bertz CT molecular complexity index is 1250. The van der Waals surface area contributed by atoms with Gasteiger partial charge in [0.2, 0.25) is 0 Å². The van der Waals surface area contributed by atoms with Gasteiger partial charge in [0.1, 0.15) is 6.42 Å². The molecule has 0 aromatic heterocycles. The highest BCUT2D eigenvalue weighted by molar-refractivity contribution is 8.16. The van der Waals surface area contributed by atoms with Crippen molar-refractivity contribution in [3.8, 4) is 6.07 Å². The summed E-state index contributed by atoms with van der Waals surface area (Å²) in [5, 5.41) is 9.16. The number of hydrogen-bond donors (Lipinski definition) is 0. The summed E-state index contributed by atoms with van der Waals surface area (Å²) >= 11 is 1.33. The number of benzene rings is 2. The van der Waals surface area contributed by atoms with Crippen LogP contribution < -0.4 is 9.80 Å². The molecular weight excluding hydrogens is 480 g/mol. The zero-order chi connectivity index (χ0) is 24.4. The molecule has 0 unspecified atom stereocenters. The Hall–Kier alpha value is -2.83. The minimum atomic E-state index is -3.12. The predicted molar refractivity (Wildman–Crippen MR) is 140 cm³/mol. The summed E-state index contributed by atoms with van der Waals surface area (Å²) in [7, 11) is -3.12. The normalized spacial score (nSPS) is 24.9. The van der Waals surface area contributed by atoms with E-state index in [9.17, 15) is 13.2 Å². The van der Waals surface area contributed by atoms with Crippen molar-refractivity contribution in [2.24, 2.45) is 10.9 Å². The molecule has 0 saturated carbocycles. The highest BCUT2D eigenvalue weighted by atomic mass is 32.2. The molecule has 0 aliphatic carbocycles. The summed E-state index contributed by atoms with van der Waals surface area (Å²) in [6.07, 6.45) is 3.14. The Kier molecular flexibility index (Phi) is 6.85. The quantitative estimate of drug-likeness (QED) is 0.608. The number of nitriles is 1. The molecule has 3 aliphatic rings. The SMILES string of the molecule is N#CCC(=O)N=C1S[C@@H]2CS(=O)(=O)C[C@H]2N1c1ccc(N2CCC(Cc3ccccc3)CC2)cc1. The monoisotopic (exact) mass is 508 g/mol. The van der Waals surface area contributed by atoms with E-state index in [0.29, 0.717) is 11.1 Å². The van der Waals surface area contributed by atoms with Crippen molar-refractivity contribution in [3.63, 3.8) is 0 Å². The molecule has 2 atom stereocenters. The van der Waals surface area contributed by atoms with E-state index in [1.54, 1.807) is 0 Å². The number of fused-ring (bicyclic) bond motifs is 1. The van der Waals surface area contributed by atoms with Crippen molar-refractivity contribution >= 4 is 44.0 Å². The lowest BCUT2D eigenvalue weighted by Crippen LogP contribution is -2.38. The van der Waals surface area contributed by atoms with Crippen molar-refractivity contribution in [2.75, 3.05) is 34.4 Å². The van der Waals surface area contributed by atoms with Gasteiger partial charge < -0.3 is 9.80 Å². The number of amides is 1. The van der Waals surface area contributed by atoms with Crippen LogP contribution in [0, 0.1) is 17.2 Å². The number of sulfone groups is 1. The molecule has 1 amide bonds. The second-order valence-electron chi connectivity index (χ2n) is 9.43. The Morgan fingerprint density at radius 3 is 2.40 bits per heavy atom. The number of nitrogens with zero attached hydrogens (tertiary/aromatic N) is 4. The molecule has 0 spiro atoms. The first kappa shape index (κ1) is 23.9. The van der Waals surface area contributed by atoms with Crippen molar-refractivity contribution in [3.05, 3.63) is 60.2 Å². The van der Waals surface area contributed by atoms with Gasteiger partial charge in [-0.25, -0.2) is 8.42 Å². The number of rotatable bonds is 5. The average molecular weight is 509 g/mol. The number of carbonyl (C=O) groups excluding carboxylic acids is 1. The first-order valence-electron chi connectivity index (χ1n) is 12.0. The van der Waals surface area contributed by atoms with Gasteiger partial charge in [-0.3, -0.25) is 4.79 Å². The van der Waals surface area contributed by atoms with Gasteiger partial charge in [-0.1, -0.05) is 42.1 Å². The van der Waals surface area contributed by atoms with Crippen molar-refractivity contribution in [1.29, 1.82) is 5.26 Å². The van der Waals surface area contributed by atoms with Gasteiger partial charge >= 0.3 is 0 Å². The maximum absolute atomic E-state index is 12.3. The topological polar surface area (TPSA) is 93.8 Å². The van der Waals surface area contributed by atoms with E-state index < -0.39 is 15.7 Å². The molecule has 5 rings (SSSR count). The summed E-state index contributed by atoms with van der Waals surface area (Å²) in [6.45, 7) is 2.02. The molecule has 2 aromatic rings. The number of carbonyl (C=O) groups is 1. The number of hydrogen-bond acceptors (Lipinski definition) is 6. The van der Waals surface area contributed by atoms with Crippen molar-refractivity contribution < 1.29 is 13.2 Å². The molecule has 0 radical (unpaired) electrons. The molecule has 9 heteroatoms. The molecule has 3 heterocycles. The van der Waals surface area contributed by atoms with Crippen LogP contribution in [0.25, 0.3) is 0 Å². The molecule has 2 aromatic carbocycles. The minimum absolute atomic E-state index is 0.0484. The second-order valence-corrected chi connectivity index (χ2v) is 12.8. The Balaban J connectivity index is 1.29. The maximum Gasteiger partial charge on any atom is 0.262 e. The van der Waals surface area contributed by atoms with E-state index in [1.165, 1.54) is 17.3 Å². The third-order valence-corrected chi connectivity index (χ3v) is 10.2. The highest BCUT2D eigenvalue weighted by Crippen LogP contribution is 2.41. The minimum Gasteiger partial charge on any atom is -0.372 e. The number of piperidine rings is 1. The zero-order valence-corrected chi connectivity index (χ0v) is 21.0. The van der Waals surface area contributed by atoms with Crippen molar-refractivity contribution in [1.82, 2.24) is 0 Å². The average Bonchev–Trinajstić information content (AvgIpc) is 3.31. The van der Waals surface area contributed by atoms with Crippen LogP contribution in [0.1, 0.15) is 24.8 Å². The lowest BCUT2D eigenvalue weighted by atomic mass is 9.90. The first-order chi connectivity index (χ1) is 16.9. The fraction of sp³-hybridized carbons (Fsp3) is 0.423. The second kappa shape index (κ2) is 10.0. The van der Waals surface area contributed by atoms with Crippen LogP contribution in [0.4, 0.5) is 11.4 Å². The number of anilines is 2. The van der Waals surface area contributed by atoms with Crippen LogP contribution in [-0.2, 0) is 21.1 Å². The Morgan fingerprint density at radius 1 is 1.03 bits per heavy atom. The number of thioether (sulfide) groups is 1. The fourth-order valence-corrected chi connectivity index (χ4v) is 9.18. The zero-order valence-electron chi connectivity index (χ0n) is 19.4. The summed E-state index contributed by atoms with van der Waals surface area (Å²) in [5.74, 6) is 0.325. The number of aliphatic imine (C=N–C) groups is 1. The summed E-state index contributed by atoms with van der Waals surface area (Å²) in [5.41, 5.74) is 3.37. The van der Waals surface area contributed by atoms with Gasteiger partial charge in [0.25, 0.3) is 5.91 Å². The van der Waals surface area contributed by atoms with E-state index in [2.05, 4.69) is 52.4 Å². The van der Waals surface area contributed by atoms with Gasteiger partial charge in [0.15, 0.2) is 15.0 Å². The van der Waals surface area contributed by atoms with Crippen LogP contribution in [-0.4, -0.2) is 55.4 Å². The van der Waals surface area contributed by atoms with Crippen molar-refractivity contribution in [2.45, 2.75) is 37.0 Å². The van der Waals surface area contributed by atoms with E-state index >= 15 is 0 Å². The van der Waals surface area contributed by atoms with Crippen LogP contribution in [0.15, 0.2) is 59.6 Å². The first-order valence-corrected chi connectivity index (χ1v) is 14.7. The molecule has 0 N–H and O–H groups in total. The number of amidine groups is 1. The van der Waals surface area contributed by atoms with Crippen LogP contribution >= 0.6 is 11.8 Å². The van der Waals surface area contributed by atoms with Gasteiger partial charge in [0.05, 0.1) is 23.6 Å². The third kappa shape index (κ3) is 5.39. The van der Waals surface area contributed by atoms with Crippen LogP contribution in [0.3, 0.4) is 0 Å². The lowest BCUT2D eigenvalue weighted by molar-refractivity contribution is -0.116. The van der Waals surface area contributed by atoms with Crippen LogP contribution in [0.5, 0.6) is 0 Å². The summed E-state index contributed by atoms with van der Waals surface area (Å²) in [6, 6.07) is 20.4. The van der Waals surface area contributed by atoms with Crippen LogP contribution in [0.2, 0.25) is 0 Å². The molecule has 35 heavy (non-hydrogen) atoms. The van der Waals surface area contributed by atoms with Gasteiger partial charge in [-0.15, -0.1) is 0 Å². The summed E-state index contributed by atoms with van der Waals surface area (Å²) in [4.78, 5) is 20.5. The molecular formula is C26H28N4O3S2. The van der Waals surface area contributed by atoms with Gasteiger partial charge in [-0.05, 0) is 55.0 Å². The fourth-order valence-electron chi connectivity index (χ4n) is 5.25. The predicted octanol–water partition coefficient (Wildman–Crippen LogP) is 3.66. The van der Waals surface area contributed by atoms with E-state index in [0.717, 1.165) is 43.7 Å². The summed E-state index contributed by atoms with van der Waals surface area (Å²) < 4.78 is 24.5. The molecule has 3 aliphatic heterocycles. The molecule has 182 valence electrons. The highest BCUT2D eigenvalue weighted by Gasteiger charge is 2.49. The standard InChI is InChI=1S/C26H28N4O3S2/c27-13-10-25(31)28-26-30(23-17-35(32,33)18-24(23)34-26)22-8-6-21(7-9-22)29-14-11-20(12-15-29)16-19-4-2-1-3-5-19/h1-9,20,23-24H,10-12,14-18H2/t23-,24-/m1/s1. The molecule has 3 saturated heterocycles. The third-order valence-electron chi connectivity index (χ3n) is 6.99. The lowest BCUT2D eigenvalue weighted by Gasteiger charge is -2.34. The smallest absolute Gasteiger partial charge is 0.262 e. The van der Waals surface area contributed by atoms with E-state index in [1.807, 2.05) is 23.1 Å². The Morgan fingerprint density at radius 2 is 1.71 bits per heavy atom. The maximum atomic E-state index is 12.3. The largest absolute Gasteiger partial charge is 0.372 e. The van der Waals surface area contributed by atoms with E-state index in [-0.39, 0.29) is 29.2 Å². The molecule has 0 bridgehead atoms. The Labute approximate surface area is 210 Å². The molecule has 7 nitrogen and oxygen atoms in total.